The van der Waals surface area contributed by atoms with Crippen molar-refractivity contribution in [3.05, 3.63) is 88.7 Å². The third kappa shape index (κ3) is 6.76. The van der Waals surface area contributed by atoms with Crippen molar-refractivity contribution in [1.29, 1.82) is 0 Å². The molecule has 2 aromatic carbocycles. The Morgan fingerprint density at radius 1 is 0.979 bits per heavy atom. The molecule has 1 N–H and O–H groups in total. The summed E-state index contributed by atoms with van der Waals surface area (Å²) < 4.78 is 21.5. The topological polar surface area (TPSA) is 108 Å². The van der Waals surface area contributed by atoms with E-state index in [1.54, 1.807) is 47.6 Å². The highest BCUT2D eigenvalue weighted by Gasteiger charge is 2.56. The number of aromatic nitrogens is 2. The number of urea groups is 1. The van der Waals surface area contributed by atoms with E-state index in [9.17, 15) is 23.9 Å². The monoisotopic (exact) mass is 645 g/mol. The highest BCUT2D eigenvalue weighted by molar-refractivity contribution is 5.76. The second-order valence-electron chi connectivity index (χ2n) is 14.3. The van der Waals surface area contributed by atoms with Gasteiger partial charge in [-0.05, 0) is 57.7 Å². The summed E-state index contributed by atoms with van der Waals surface area (Å²) in [6, 6.07) is 16.4. The average Bonchev–Trinajstić information content (AvgIpc) is 3.52. The van der Waals surface area contributed by atoms with Crippen LogP contribution in [0.2, 0.25) is 0 Å². The number of nitrogens with zero attached hydrogens (tertiary/aromatic N) is 5. The number of piperidine rings is 1. The third-order valence-corrected chi connectivity index (χ3v) is 10.00. The van der Waals surface area contributed by atoms with Gasteiger partial charge >= 0.3 is 12.1 Å². The van der Waals surface area contributed by atoms with Crippen LogP contribution in [0.5, 0.6) is 0 Å². The lowest BCUT2D eigenvalue weighted by molar-refractivity contribution is -0.137. The fraction of sp³-hybridized carbons (Fsp3) is 0.500. The van der Waals surface area contributed by atoms with E-state index in [0.29, 0.717) is 30.8 Å². The first kappa shape index (κ1) is 32.7. The molecule has 0 unspecified atom stereocenters. The minimum absolute atomic E-state index is 0.0937. The number of carbonyl (C=O) groups excluding carboxylic acids is 2. The predicted octanol–water partition coefficient (Wildman–Crippen LogP) is 5.46. The van der Waals surface area contributed by atoms with E-state index in [0.717, 1.165) is 31.2 Å². The van der Waals surface area contributed by atoms with E-state index >= 15 is 0 Å². The number of carbonyl (C=O) groups is 2. The Balaban J connectivity index is 1.22. The maximum atomic E-state index is 14.4. The number of benzene rings is 2. The van der Waals surface area contributed by atoms with E-state index in [1.807, 2.05) is 30.3 Å². The molecule has 3 aromatic rings. The van der Waals surface area contributed by atoms with Gasteiger partial charge in [-0.2, -0.15) is 0 Å². The molecule has 0 bridgehead atoms. The van der Waals surface area contributed by atoms with E-state index in [2.05, 4.69) is 4.98 Å². The van der Waals surface area contributed by atoms with Crippen LogP contribution in [-0.4, -0.2) is 85.4 Å². The van der Waals surface area contributed by atoms with E-state index in [-0.39, 0.29) is 37.8 Å². The molecule has 2 aliphatic heterocycles. The Bertz CT molecular complexity index is 1670. The third-order valence-electron chi connectivity index (χ3n) is 10.00. The highest BCUT2D eigenvalue weighted by Crippen LogP contribution is 2.52. The number of amides is 3. The van der Waals surface area contributed by atoms with Crippen LogP contribution in [-0.2, 0) is 11.3 Å². The maximum absolute atomic E-state index is 14.4. The zero-order valence-corrected chi connectivity index (χ0v) is 27.4. The summed E-state index contributed by atoms with van der Waals surface area (Å²) in [4.78, 5) is 50.2. The highest BCUT2D eigenvalue weighted by atomic mass is 19.1. The van der Waals surface area contributed by atoms with Gasteiger partial charge in [-0.25, -0.2) is 19.0 Å². The minimum atomic E-state index is -1.21. The molecule has 0 radical (unpaired) electrons. The van der Waals surface area contributed by atoms with Crippen molar-refractivity contribution in [3.8, 4) is 11.3 Å². The van der Waals surface area contributed by atoms with Crippen molar-refractivity contribution in [2.75, 3.05) is 32.7 Å². The Hall–Kier alpha value is -4.25. The summed E-state index contributed by atoms with van der Waals surface area (Å²) in [7, 11) is 0. The van der Waals surface area contributed by atoms with Crippen LogP contribution in [0.15, 0.2) is 71.8 Å². The van der Waals surface area contributed by atoms with Crippen LogP contribution in [0, 0.1) is 11.2 Å². The molecule has 250 valence electrons. The fourth-order valence-electron chi connectivity index (χ4n) is 7.54. The van der Waals surface area contributed by atoms with Gasteiger partial charge in [-0.1, -0.05) is 55.3 Å². The van der Waals surface area contributed by atoms with Crippen molar-refractivity contribution in [3.63, 3.8) is 0 Å². The van der Waals surface area contributed by atoms with Gasteiger partial charge in [0.1, 0.15) is 11.4 Å². The molecule has 6 rings (SSSR count). The molecular formula is C36H44FN5O5. The summed E-state index contributed by atoms with van der Waals surface area (Å²) in [5.74, 6) is -0.418. The number of hydrogen-bond donors (Lipinski definition) is 1. The van der Waals surface area contributed by atoms with Crippen molar-refractivity contribution < 1.29 is 23.8 Å². The number of hydrogen-bond acceptors (Lipinski definition) is 6. The number of piperazine rings is 1. The smallest absolute Gasteiger partial charge is 0.410 e. The Morgan fingerprint density at radius 3 is 2.40 bits per heavy atom. The van der Waals surface area contributed by atoms with E-state index in [1.165, 1.54) is 29.1 Å². The lowest BCUT2D eigenvalue weighted by Crippen LogP contribution is -2.64. The molecule has 2 atom stereocenters. The van der Waals surface area contributed by atoms with Crippen molar-refractivity contribution >= 4 is 12.1 Å². The van der Waals surface area contributed by atoms with Crippen molar-refractivity contribution in [1.82, 2.24) is 24.3 Å². The fourth-order valence-corrected chi connectivity index (χ4v) is 7.54. The van der Waals surface area contributed by atoms with Gasteiger partial charge in [0, 0.05) is 49.8 Å². The summed E-state index contributed by atoms with van der Waals surface area (Å²) in [6.07, 6.45) is 4.65. The van der Waals surface area contributed by atoms with Crippen LogP contribution < -0.4 is 5.56 Å². The van der Waals surface area contributed by atoms with Crippen LogP contribution in [0.1, 0.15) is 64.5 Å². The Kier molecular flexibility index (Phi) is 8.86. The average molecular weight is 646 g/mol. The van der Waals surface area contributed by atoms with Crippen LogP contribution in [0.4, 0.5) is 14.0 Å². The molecule has 3 fully saturated rings. The molecule has 3 heterocycles. The molecule has 1 aliphatic carbocycles. The van der Waals surface area contributed by atoms with E-state index in [4.69, 9.17) is 4.74 Å². The number of likely N-dealkylation sites (tertiary alicyclic amines) is 1. The normalized spacial score (nSPS) is 22.8. The zero-order valence-electron chi connectivity index (χ0n) is 27.4. The first-order chi connectivity index (χ1) is 22.4. The molecule has 1 aromatic heterocycles. The molecule has 3 amide bonds. The van der Waals surface area contributed by atoms with Gasteiger partial charge in [-0.3, -0.25) is 9.36 Å². The molecule has 3 aliphatic rings. The largest absolute Gasteiger partial charge is 0.444 e. The van der Waals surface area contributed by atoms with Crippen molar-refractivity contribution in [2.24, 2.45) is 5.41 Å². The number of rotatable bonds is 4. The summed E-state index contributed by atoms with van der Waals surface area (Å²) in [5.41, 5.74) is -0.694. The predicted molar refractivity (Wildman–Crippen MR) is 175 cm³/mol. The van der Waals surface area contributed by atoms with Gasteiger partial charge in [0.15, 0.2) is 0 Å². The van der Waals surface area contributed by atoms with Crippen LogP contribution in [0.25, 0.3) is 11.3 Å². The number of aliphatic hydroxyl groups is 1. The van der Waals surface area contributed by atoms with Crippen molar-refractivity contribution in [2.45, 2.75) is 76.7 Å². The molecule has 47 heavy (non-hydrogen) atoms. The summed E-state index contributed by atoms with van der Waals surface area (Å²) >= 11 is 0. The quantitative estimate of drug-likeness (QED) is 0.404. The molecule has 10 nitrogen and oxygen atoms in total. The number of halogens is 1. The second kappa shape index (κ2) is 12.7. The van der Waals surface area contributed by atoms with Gasteiger partial charge in [0.2, 0.25) is 0 Å². The Labute approximate surface area is 274 Å². The summed E-state index contributed by atoms with van der Waals surface area (Å²) in [5, 5.41) is 12.3. The van der Waals surface area contributed by atoms with E-state index < -0.39 is 34.6 Å². The molecule has 1 saturated carbocycles. The second-order valence-corrected chi connectivity index (χ2v) is 14.3. The SMILES string of the molecule is CC(C)(C)OC(=O)N1CCN(C(=O)N2CC[C@@](O)(Cn3cnc(-c4ccccc4)cc3=O)C3(CCCC3)C2)[C@H](c2cccc(F)c2)C1. The first-order valence-electron chi connectivity index (χ1n) is 16.5. The van der Waals surface area contributed by atoms with Gasteiger partial charge < -0.3 is 24.5 Å². The minimum Gasteiger partial charge on any atom is -0.444 e. The zero-order chi connectivity index (χ0) is 33.4. The summed E-state index contributed by atoms with van der Waals surface area (Å²) in [6.45, 7) is 6.84. The van der Waals surface area contributed by atoms with Crippen LogP contribution >= 0.6 is 0 Å². The lowest BCUT2D eigenvalue weighted by atomic mass is 9.66. The molecule has 1 spiro atoms. The van der Waals surface area contributed by atoms with Crippen LogP contribution in [0.3, 0.4) is 0 Å². The Morgan fingerprint density at radius 2 is 1.72 bits per heavy atom. The first-order valence-corrected chi connectivity index (χ1v) is 16.5. The van der Waals surface area contributed by atoms with Gasteiger partial charge in [0.05, 0.1) is 30.2 Å². The molecule has 2 saturated heterocycles. The van der Waals surface area contributed by atoms with Gasteiger partial charge in [0.25, 0.3) is 5.56 Å². The number of ether oxygens (including phenoxy) is 1. The van der Waals surface area contributed by atoms with Gasteiger partial charge in [-0.15, -0.1) is 0 Å². The molecule has 11 heteroatoms. The lowest BCUT2D eigenvalue weighted by Gasteiger charge is -2.53. The molecular weight excluding hydrogens is 601 g/mol. The maximum Gasteiger partial charge on any atom is 0.410 e. The standard InChI is InChI=1S/C36H44FN5O5/c1-34(2,3)47-33(45)39-18-19-42(30(22-39)27-12-9-13-28(37)20-27)32(44)40-17-16-36(46,35(23-40)14-7-8-15-35)24-41-25-38-29(21-31(41)43)26-10-5-4-6-11-26/h4-6,9-13,20-21,25,30,46H,7-8,14-19,22-24H2,1-3H3/t30-,36+/m0/s1.